The van der Waals surface area contributed by atoms with Gasteiger partial charge in [0.2, 0.25) is 0 Å². The Morgan fingerprint density at radius 3 is 1.92 bits per heavy atom. The van der Waals surface area contributed by atoms with Crippen LogP contribution in [-0.4, -0.2) is 23.8 Å². The summed E-state index contributed by atoms with van der Waals surface area (Å²) >= 11 is 0. The minimum atomic E-state index is -0.449. The molecule has 0 radical (unpaired) electrons. The van der Waals surface area contributed by atoms with E-state index in [-0.39, 0.29) is 5.41 Å². The Hall–Kier alpha value is -0.0800. The van der Waals surface area contributed by atoms with Crippen molar-refractivity contribution in [3.05, 3.63) is 0 Å². The highest BCUT2D eigenvalue weighted by molar-refractivity contribution is 4.91. The molecule has 0 aromatic heterocycles. The quantitative estimate of drug-likeness (QED) is 0.604. The molecule has 0 aromatic carbocycles. The molecule has 2 nitrogen and oxygen atoms in total. The second-order valence-electron chi connectivity index (χ2n) is 5.24. The molecule has 1 saturated heterocycles. The first-order valence-corrected chi connectivity index (χ1v) is 5.39. The average Bonchev–Trinajstić information content (AvgIpc) is 1.94. The smallest absolute Gasteiger partial charge is 0.0696 e. The van der Waals surface area contributed by atoms with Crippen LogP contribution in [-0.2, 0) is 0 Å². The molecule has 0 saturated carbocycles. The Morgan fingerprint density at radius 2 is 1.54 bits per heavy atom. The fourth-order valence-electron chi connectivity index (χ4n) is 2.01. The van der Waals surface area contributed by atoms with Gasteiger partial charge in [0.05, 0.1) is 5.60 Å². The van der Waals surface area contributed by atoms with E-state index in [1.807, 2.05) is 0 Å². The van der Waals surface area contributed by atoms with Gasteiger partial charge in [-0.05, 0) is 44.2 Å². The highest BCUT2D eigenvalue weighted by Crippen LogP contribution is 2.38. The van der Waals surface area contributed by atoms with Crippen LogP contribution in [0.1, 0.15) is 46.5 Å². The third kappa shape index (κ3) is 2.68. The Kier molecular flexibility index (Phi) is 3.36. The fraction of sp³-hybridized carbons (Fsp3) is 1.00. The van der Waals surface area contributed by atoms with Crippen molar-refractivity contribution < 1.29 is 5.11 Å². The second-order valence-corrected chi connectivity index (χ2v) is 5.24. The van der Waals surface area contributed by atoms with Gasteiger partial charge in [-0.2, -0.15) is 0 Å². The van der Waals surface area contributed by atoms with Crippen LogP contribution in [0.2, 0.25) is 0 Å². The van der Waals surface area contributed by atoms with Crippen LogP contribution in [0.3, 0.4) is 0 Å². The molecule has 0 unspecified atom stereocenters. The van der Waals surface area contributed by atoms with Crippen molar-refractivity contribution in [2.75, 3.05) is 13.1 Å². The highest BCUT2D eigenvalue weighted by Gasteiger charge is 2.38. The molecule has 1 heterocycles. The van der Waals surface area contributed by atoms with Crippen LogP contribution < -0.4 is 5.32 Å². The maximum Gasteiger partial charge on any atom is 0.0696 e. The van der Waals surface area contributed by atoms with E-state index < -0.39 is 5.60 Å². The number of hydrogen-bond donors (Lipinski definition) is 2. The number of aliphatic hydroxyl groups is 1. The largest absolute Gasteiger partial charge is 0.389 e. The first-order valence-electron chi connectivity index (χ1n) is 5.39. The van der Waals surface area contributed by atoms with E-state index in [0.717, 1.165) is 38.8 Å². The lowest BCUT2D eigenvalue weighted by Crippen LogP contribution is -2.45. The van der Waals surface area contributed by atoms with Gasteiger partial charge in [0, 0.05) is 0 Å². The molecule has 0 spiro atoms. The molecular weight excluding hydrogens is 162 g/mol. The molecule has 0 atom stereocenters. The predicted molar refractivity (Wildman–Crippen MR) is 55.7 cm³/mol. The summed E-state index contributed by atoms with van der Waals surface area (Å²) in [6.07, 6.45) is 4.05. The topological polar surface area (TPSA) is 32.3 Å². The van der Waals surface area contributed by atoms with Crippen LogP contribution in [0.25, 0.3) is 0 Å². The first kappa shape index (κ1) is 11.0. The van der Waals surface area contributed by atoms with Crippen molar-refractivity contribution in [3.63, 3.8) is 0 Å². The summed E-state index contributed by atoms with van der Waals surface area (Å²) in [5, 5.41) is 13.9. The van der Waals surface area contributed by atoms with Crippen LogP contribution >= 0.6 is 0 Å². The lowest BCUT2D eigenvalue weighted by atomic mass is 9.71. The molecule has 2 heteroatoms. The molecule has 0 aliphatic carbocycles. The number of rotatable bonds is 0. The molecule has 1 aliphatic heterocycles. The lowest BCUT2D eigenvalue weighted by molar-refractivity contribution is -0.0755. The molecule has 1 rings (SSSR count). The average molecular weight is 185 g/mol. The summed E-state index contributed by atoms with van der Waals surface area (Å²) in [5.74, 6) is 0. The second kappa shape index (κ2) is 3.97. The van der Waals surface area contributed by atoms with Gasteiger partial charge in [0.25, 0.3) is 0 Å². The molecule has 1 fully saturated rings. The molecule has 2 N–H and O–H groups in total. The SMILES string of the molecule is CC(C)(C)C1(O)CCCNCCC1. The minimum Gasteiger partial charge on any atom is -0.389 e. The maximum absolute atomic E-state index is 10.5. The van der Waals surface area contributed by atoms with Crippen molar-refractivity contribution in [2.24, 2.45) is 5.41 Å². The van der Waals surface area contributed by atoms with E-state index in [0.29, 0.717) is 0 Å². The van der Waals surface area contributed by atoms with Crippen LogP contribution in [0.5, 0.6) is 0 Å². The molecular formula is C11H23NO. The van der Waals surface area contributed by atoms with E-state index in [1.54, 1.807) is 0 Å². The van der Waals surface area contributed by atoms with Gasteiger partial charge >= 0.3 is 0 Å². The van der Waals surface area contributed by atoms with E-state index in [2.05, 4.69) is 26.1 Å². The lowest BCUT2D eigenvalue weighted by Gasteiger charge is -2.41. The Balaban J connectivity index is 2.62. The molecule has 0 bridgehead atoms. The van der Waals surface area contributed by atoms with Crippen molar-refractivity contribution in [1.29, 1.82) is 0 Å². The fourth-order valence-corrected chi connectivity index (χ4v) is 2.01. The van der Waals surface area contributed by atoms with Crippen molar-refractivity contribution in [2.45, 2.75) is 52.1 Å². The molecule has 1 aliphatic rings. The number of nitrogens with one attached hydrogen (secondary N) is 1. The third-order valence-electron chi connectivity index (χ3n) is 3.28. The summed E-state index contributed by atoms with van der Waals surface area (Å²) in [6, 6.07) is 0. The zero-order valence-corrected chi connectivity index (χ0v) is 9.19. The van der Waals surface area contributed by atoms with Gasteiger partial charge in [-0.15, -0.1) is 0 Å². The predicted octanol–water partition coefficient (Wildman–Crippen LogP) is 1.93. The van der Waals surface area contributed by atoms with Gasteiger partial charge in [-0.3, -0.25) is 0 Å². The van der Waals surface area contributed by atoms with Gasteiger partial charge in [0.15, 0.2) is 0 Å². The highest BCUT2D eigenvalue weighted by atomic mass is 16.3. The van der Waals surface area contributed by atoms with E-state index >= 15 is 0 Å². The molecule has 0 aromatic rings. The van der Waals surface area contributed by atoms with Crippen LogP contribution in [0.15, 0.2) is 0 Å². The van der Waals surface area contributed by atoms with Crippen molar-refractivity contribution in [1.82, 2.24) is 5.32 Å². The third-order valence-corrected chi connectivity index (χ3v) is 3.28. The summed E-state index contributed by atoms with van der Waals surface area (Å²) in [5.41, 5.74) is -0.431. The summed E-state index contributed by atoms with van der Waals surface area (Å²) in [7, 11) is 0. The molecule has 13 heavy (non-hydrogen) atoms. The zero-order valence-electron chi connectivity index (χ0n) is 9.19. The summed E-state index contributed by atoms with van der Waals surface area (Å²) in [6.45, 7) is 8.53. The summed E-state index contributed by atoms with van der Waals surface area (Å²) in [4.78, 5) is 0. The van der Waals surface area contributed by atoms with Crippen molar-refractivity contribution >= 4 is 0 Å². The standard InChI is InChI=1S/C11H23NO/c1-10(2,3)11(13)6-4-8-12-9-5-7-11/h12-13H,4-9H2,1-3H3. The van der Waals surface area contributed by atoms with Gasteiger partial charge in [-0.1, -0.05) is 20.8 Å². The van der Waals surface area contributed by atoms with Crippen LogP contribution in [0, 0.1) is 5.41 Å². The number of hydrogen-bond acceptors (Lipinski definition) is 2. The van der Waals surface area contributed by atoms with Gasteiger partial charge in [-0.25, -0.2) is 0 Å². The van der Waals surface area contributed by atoms with Gasteiger partial charge in [0.1, 0.15) is 0 Å². The Morgan fingerprint density at radius 1 is 1.08 bits per heavy atom. The zero-order chi connectivity index (χ0) is 9.95. The first-order chi connectivity index (χ1) is 5.96. The van der Waals surface area contributed by atoms with E-state index in [9.17, 15) is 5.11 Å². The normalized spacial score (nSPS) is 24.9. The maximum atomic E-state index is 10.5. The molecule has 0 amide bonds. The van der Waals surface area contributed by atoms with E-state index in [1.165, 1.54) is 0 Å². The minimum absolute atomic E-state index is 0.0182. The van der Waals surface area contributed by atoms with Crippen molar-refractivity contribution in [3.8, 4) is 0 Å². The Bertz CT molecular complexity index is 152. The summed E-state index contributed by atoms with van der Waals surface area (Å²) < 4.78 is 0. The Labute approximate surface area is 81.7 Å². The molecule has 78 valence electrons. The van der Waals surface area contributed by atoms with Gasteiger partial charge < -0.3 is 10.4 Å². The monoisotopic (exact) mass is 185 g/mol. The van der Waals surface area contributed by atoms with Crippen LogP contribution in [0.4, 0.5) is 0 Å². The van der Waals surface area contributed by atoms with E-state index in [4.69, 9.17) is 0 Å².